The Bertz CT molecular complexity index is 348. The number of hydrogen-bond acceptors (Lipinski definition) is 4. The van der Waals surface area contributed by atoms with E-state index in [2.05, 4.69) is 23.0 Å². The number of nitrogens with zero attached hydrogens (tertiary/aromatic N) is 3. The molecular weight excluding hydrogens is 194 g/mol. The van der Waals surface area contributed by atoms with E-state index in [-0.39, 0.29) is 0 Å². The van der Waals surface area contributed by atoms with Crippen LogP contribution in [-0.4, -0.2) is 18.6 Å². The van der Waals surface area contributed by atoms with E-state index in [9.17, 15) is 0 Å². The molecule has 0 radical (unpaired) electrons. The first-order valence-corrected chi connectivity index (χ1v) is 5.68. The minimum Gasteiger partial charge on any atom is -0.351 e. The lowest BCUT2D eigenvalue weighted by atomic mass is 9.85. The van der Waals surface area contributed by atoms with Crippen molar-refractivity contribution in [1.29, 1.82) is 5.26 Å². The van der Waals surface area contributed by atoms with Gasteiger partial charge in [0, 0.05) is 13.6 Å². The van der Waals surface area contributed by atoms with Crippen molar-refractivity contribution in [2.24, 2.45) is 5.92 Å². The molecule has 4 heteroatoms. The van der Waals surface area contributed by atoms with E-state index in [0.717, 1.165) is 17.6 Å². The quantitative estimate of drug-likeness (QED) is 0.763. The molecule has 1 aliphatic carbocycles. The van der Waals surface area contributed by atoms with Crippen LogP contribution >= 0.6 is 11.3 Å². The lowest BCUT2D eigenvalue weighted by molar-refractivity contribution is 0.321. The van der Waals surface area contributed by atoms with Crippen molar-refractivity contribution in [1.82, 2.24) is 4.98 Å². The molecule has 2 rings (SSSR count). The molecule has 0 atom stereocenters. The second-order valence-electron chi connectivity index (χ2n) is 3.80. The van der Waals surface area contributed by atoms with Gasteiger partial charge in [-0.25, -0.2) is 4.98 Å². The molecule has 14 heavy (non-hydrogen) atoms. The predicted molar refractivity (Wildman–Crippen MR) is 57.4 cm³/mol. The zero-order chi connectivity index (χ0) is 9.97. The monoisotopic (exact) mass is 207 g/mol. The number of anilines is 1. The minimum atomic E-state index is 0.695. The lowest BCUT2D eigenvalue weighted by Crippen LogP contribution is -2.29. The highest BCUT2D eigenvalue weighted by atomic mass is 32.1. The number of rotatable bonds is 3. The summed E-state index contributed by atoms with van der Waals surface area (Å²) in [7, 11) is 2.05. The largest absolute Gasteiger partial charge is 0.351 e. The topological polar surface area (TPSA) is 39.9 Å². The Balaban J connectivity index is 1.96. The fourth-order valence-corrected chi connectivity index (χ4v) is 2.32. The molecule has 0 spiro atoms. The first-order valence-electron chi connectivity index (χ1n) is 4.86. The van der Waals surface area contributed by atoms with Gasteiger partial charge in [-0.15, -0.1) is 0 Å². The molecule has 1 heterocycles. The molecule has 0 unspecified atom stereocenters. The highest BCUT2D eigenvalue weighted by molar-refractivity contribution is 7.16. The molecule has 0 bridgehead atoms. The van der Waals surface area contributed by atoms with Crippen LogP contribution in [0.25, 0.3) is 0 Å². The third kappa shape index (κ3) is 1.88. The Hall–Kier alpha value is -1.08. The van der Waals surface area contributed by atoms with Crippen LogP contribution in [0.2, 0.25) is 0 Å². The zero-order valence-corrected chi connectivity index (χ0v) is 9.05. The average Bonchev–Trinajstić information content (AvgIpc) is 2.59. The summed E-state index contributed by atoms with van der Waals surface area (Å²) >= 11 is 1.47. The van der Waals surface area contributed by atoms with E-state index in [1.54, 1.807) is 6.20 Å². The van der Waals surface area contributed by atoms with Gasteiger partial charge in [-0.2, -0.15) is 5.26 Å². The van der Waals surface area contributed by atoms with E-state index in [0.29, 0.717) is 4.88 Å². The van der Waals surface area contributed by atoms with Crippen LogP contribution in [0.15, 0.2) is 6.20 Å². The lowest BCUT2D eigenvalue weighted by Gasteiger charge is -2.29. The van der Waals surface area contributed by atoms with Gasteiger partial charge in [0.25, 0.3) is 0 Å². The summed E-state index contributed by atoms with van der Waals surface area (Å²) in [6.45, 7) is 1.08. The summed E-state index contributed by atoms with van der Waals surface area (Å²) in [6, 6.07) is 2.11. The molecule has 74 valence electrons. The molecule has 1 aliphatic rings. The first-order chi connectivity index (χ1) is 6.79. The summed E-state index contributed by atoms with van der Waals surface area (Å²) < 4.78 is 0. The van der Waals surface area contributed by atoms with Crippen molar-refractivity contribution in [3.05, 3.63) is 11.1 Å². The first kappa shape index (κ1) is 9.47. The smallest absolute Gasteiger partial charge is 0.186 e. The Morgan fingerprint density at radius 1 is 1.71 bits per heavy atom. The molecule has 1 aromatic rings. The van der Waals surface area contributed by atoms with Crippen LogP contribution in [0.5, 0.6) is 0 Å². The van der Waals surface area contributed by atoms with Crippen molar-refractivity contribution in [3.8, 4) is 6.07 Å². The normalized spacial score (nSPS) is 16.0. The van der Waals surface area contributed by atoms with Crippen LogP contribution in [0.4, 0.5) is 5.13 Å². The summed E-state index contributed by atoms with van der Waals surface area (Å²) in [5.41, 5.74) is 0. The number of thiazole rings is 1. The fourth-order valence-electron chi connectivity index (χ4n) is 1.63. The highest BCUT2D eigenvalue weighted by Gasteiger charge is 2.20. The Labute approximate surface area is 88.0 Å². The molecule has 1 fully saturated rings. The molecule has 3 nitrogen and oxygen atoms in total. The van der Waals surface area contributed by atoms with Crippen LogP contribution in [0.3, 0.4) is 0 Å². The van der Waals surface area contributed by atoms with Gasteiger partial charge in [0.05, 0.1) is 6.20 Å². The van der Waals surface area contributed by atoms with Crippen molar-refractivity contribution in [2.75, 3.05) is 18.5 Å². The summed E-state index contributed by atoms with van der Waals surface area (Å²) in [5, 5.41) is 9.64. The Morgan fingerprint density at radius 3 is 3.00 bits per heavy atom. The van der Waals surface area contributed by atoms with Crippen molar-refractivity contribution in [3.63, 3.8) is 0 Å². The molecule has 0 aliphatic heterocycles. The Kier molecular flexibility index (Phi) is 2.69. The van der Waals surface area contributed by atoms with Crippen molar-refractivity contribution in [2.45, 2.75) is 19.3 Å². The Morgan fingerprint density at radius 2 is 2.50 bits per heavy atom. The van der Waals surface area contributed by atoms with Gasteiger partial charge in [0.1, 0.15) is 10.9 Å². The zero-order valence-electron chi connectivity index (χ0n) is 8.23. The van der Waals surface area contributed by atoms with Gasteiger partial charge < -0.3 is 4.90 Å². The maximum Gasteiger partial charge on any atom is 0.186 e. The maximum atomic E-state index is 8.67. The molecule has 0 saturated heterocycles. The molecule has 0 aromatic carbocycles. The molecule has 0 N–H and O–H groups in total. The average molecular weight is 207 g/mol. The standard InChI is InChI=1S/C10H13N3S/c1-13(7-8-3-2-4-8)10-12-6-9(5-11)14-10/h6,8H,2-4,7H2,1H3. The molecule has 1 saturated carbocycles. The SMILES string of the molecule is CN(CC1CCC1)c1ncc(C#N)s1. The summed E-state index contributed by atoms with van der Waals surface area (Å²) in [5.74, 6) is 0.842. The van der Waals surface area contributed by atoms with Crippen molar-refractivity contribution >= 4 is 16.5 Å². The van der Waals surface area contributed by atoms with Crippen LogP contribution < -0.4 is 4.90 Å². The van der Waals surface area contributed by atoms with E-state index in [1.807, 2.05) is 0 Å². The third-order valence-corrected chi connectivity index (χ3v) is 3.70. The second-order valence-corrected chi connectivity index (χ2v) is 4.81. The fraction of sp³-hybridized carbons (Fsp3) is 0.600. The summed E-state index contributed by atoms with van der Waals surface area (Å²) in [6.07, 6.45) is 5.72. The number of aromatic nitrogens is 1. The van der Waals surface area contributed by atoms with Gasteiger partial charge in [-0.1, -0.05) is 17.8 Å². The van der Waals surface area contributed by atoms with E-state index in [1.165, 1.54) is 30.6 Å². The minimum absolute atomic E-state index is 0.695. The third-order valence-electron chi connectivity index (χ3n) is 2.69. The van der Waals surface area contributed by atoms with E-state index < -0.39 is 0 Å². The van der Waals surface area contributed by atoms with Crippen LogP contribution in [-0.2, 0) is 0 Å². The second kappa shape index (κ2) is 3.97. The maximum absolute atomic E-state index is 8.67. The molecule has 1 aromatic heterocycles. The predicted octanol–water partition coefficient (Wildman–Crippen LogP) is 2.25. The van der Waals surface area contributed by atoms with Crippen LogP contribution in [0, 0.1) is 17.2 Å². The van der Waals surface area contributed by atoms with Gasteiger partial charge in [0.15, 0.2) is 5.13 Å². The van der Waals surface area contributed by atoms with E-state index in [4.69, 9.17) is 5.26 Å². The van der Waals surface area contributed by atoms with Gasteiger partial charge in [-0.3, -0.25) is 0 Å². The van der Waals surface area contributed by atoms with Crippen molar-refractivity contribution < 1.29 is 0 Å². The van der Waals surface area contributed by atoms with Gasteiger partial charge in [0.2, 0.25) is 0 Å². The number of nitriles is 1. The highest BCUT2D eigenvalue weighted by Crippen LogP contribution is 2.29. The number of hydrogen-bond donors (Lipinski definition) is 0. The molecular formula is C10H13N3S. The summed E-state index contributed by atoms with van der Waals surface area (Å²) in [4.78, 5) is 7.08. The molecule has 0 amide bonds. The van der Waals surface area contributed by atoms with Crippen LogP contribution in [0.1, 0.15) is 24.1 Å². The van der Waals surface area contributed by atoms with E-state index >= 15 is 0 Å². The van der Waals surface area contributed by atoms with Gasteiger partial charge in [-0.05, 0) is 18.8 Å². The van der Waals surface area contributed by atoms with Gasteiger partial charge >= 0.3 is 0 Å².